The highest BCUT2D eigenvalue weighted by Gasteiger charge is 2.40. The molecule has 3 rings (SSSR count). The topological polar surface area (TPSA) is 135 Å². The van der Waals surface area contributed by atoms with Crippen molar-refractivity contribution in [2.24, 2.45) is 11.3 Å². The van der Waals surface area contributed by atoms with Gasteiger partial charge in [-0.1, -0.05) is 20.3 Å². The largest absolute Gasteiger partial charge is 0.396 e. The molecule has 0 spiro atoms. The first-order valence-corrected chi connectivity index (χ1v) is 11.6. The molecule has 0 bridgehead atoms. The number of carbonyl (C=O) groups is 3. The lowest BCUT2D eigenvalue weighted by atomic mass is 9.75. The van der Waals surface area contributed by atoms with Gasteiger partial charge in [0.05, 0.1) is 18.4 Å². The van der Waals surface area contributed by atoms with Crippen molar-refractivity contribution in [3.8, 4) is 0 Å². The van der Waals surface area contributed by atoms with Gasteiger partial charge >= 0.3 is 0 Å². The Hall–Kier alpha value is -2.81. The summed E-state index contributed by atoms with van der Waals surface area (Å²) in [5, 5.41) is 23.8. The minimum Gasteiger partial charge on any atom is -0.396 e. The van der Waals surface area contributed by atoms with Crippen molar-refractivity contribution in [3.05, 3.63) is 24.0 Å². The number of ketones is 1. The Bertz CT molecular complexity index is 916. The molecule has 2 fully saturated rings. The van der Waals surface area contributed by atoms with E-state index in [0.29, 0.717) is 24.2 Å². The van der Waals surface area contributed by atoms with Crippen LogP contribution in [0.15, 0.2) is 18.5 Å². The van der Waals surface area contributed by atoms with Gasteiger partial charge in [0.15, 0.2) is 5.78 Å². The number of nitrogens with zero attached hydrogens (tertiary/aromatic N) is 2. The summed E-state index contributed by atoms with van der Waals surface area (Å²) < 4.78 is 0. The van der Waals surface area contributed by atoms with E-state index in [0.717, 1.165) is 25.7 Å². The molecule has 1 aliphatic carbocycles. The number of amides is 2. The Labute approximate surface area is 194 Å². The van der Waals surface area contributed by atoms with E-state index in [9.17, 15) is 19.5 Å². The Morgan fingerprint density at radius 2 is 2.09 bits per heavy atom. The van der Waals surface area contributed by atoms with Crippen molar-refractivity contribution in [1.29, 1.82) is 5.41 Å². The van der Waals surface area contributed by atoms with Crippen LogP contribution in [0.4, 0.5) is 5.69 Å². The molecule has 0 unspecified atom stereocenters. The van der Waals surface area contributed by atoms with Gasteiger partial charge in [-0.15, -0.1) is 0 Å². The van der Waals surface area contributed by atoms with E-state index in [1.165, 1.54) is 24.2 Å². The van der Waals surface area contributed by atoms with Gasteiger partial charge in [-0.3, -0.25) is 24.8 Å². The fourth-order valence-corrected chi connectivity index (χ4v) is 4.91. The molecular weight excluding hydrogens is 422 g/mol. The molecule has 33 heavy (non-hydrogen) atoms. The van der Waals surface area contributed by atoms with E-state index < -0.39 is 6.04 Å². The van der Waals surface area contributed by atoms with Gasteiger partial charge in [-0.2, -0.15) is 0 Å². The number of anilines is 1. The van der Waals surface area contributed by atoms with E-state index >= 15 is 0 Å². The zero-order chi connectivity index (χ0) is 24.2. The molecule has 3 atom stereocenters. The molecule has 9 heteroatoms. The molecule has 2 heterocycles. The quantitative estimate of drug-likeness (QED) is 0.439. The van der Waals surface area contributed by atoms with Gasteiger partial charge in [0.1, 0.15) is 11.8 Å². The van der Waals surface area contributed by atoms with Gasteiger partial charge < -0.3 is 20.6 Å². The van der Waals surface area contributed by atoms with Crippen LogP contribution in [-0.4, -0.2) is 70.1 Å². The molecule has 2 amide bonds. The maximum Gasteiger partial charge on any atom is 0.243 e. The highest BCUT2D eigenvalue weighted by atomic mass is 16.3. The maximum absolute atomic E-state index is 13.1. The van der Waals surface area contributed by atoms with Crippen molar-refractivity contribution in [2.45, 2.75) is 65.0 Å². The second kappa shape index (κ2) is 10.4. The summed E-state index contributed by atoms with van der Waals surface area (Å²) in [6, 6.07) is 1.03. The number of carbonyl (C=O) groups excluding carboxylic acids is 3. The van der Waals surface area contributed by atoms with Crippen LogP contribution in [0.5, 0.6) is 0 Å². The first kappa shape index (κ1) is 24.8. The molecule has 9 nitrogen and oxygen atoms in total. The standard InChI is InChI=1S/C24H35N5O4/c1-15(31)22(25)18-6-8-26-11-19(18)27-12-21(32)29-13-16(14-30)9-20(29)23(33)28-17-5-4-7-24(2,3)10-17/h6,8,11,16-17,20,25,27,30H,4-5,7,9-10,12-14H2,1-3H3,(H,28,33)/t16-,17+,20-/m0/s1. The summed E-state index contributed by atoms with van der Waals surface area (Å²) in [6.07, 6.45) is 7.44. The average molecular weight is 458 g/mol. The molecular formula is C24H35N5O4. The van der Waals surface area contributed by atoms with E-state index in [4.69, 9.17) is 5.41 Å². The zero-order valence-corrected chi connectivity index (χ0v) is 19.7. The summed E-state index contributed by atoms with van der Waals surface area (Å²) in [6.45, 7) is 5.86. The lowest BCUT2D eigenvalue weighted by Gasteiger charge is -2.36. The van der Waals surface area contributed by atoms with Crippen molar-refractivity contribution in [3.63, 3.8) is 0 Å². The van der Waals surface area contributed by atoms with Crippen molar-refractivity contribution in [2.75, 3.05) is 25.0 Å². The van der Waals surface area contributed by atoms with Crippen LogP contribution in [-0.2, 0) is 14.4 Å². The number of aliphatic hydroxyl groups is 1. The number of hydrogen-bond donors (Lipinski definition) is 4. The van der Waals surface area contributed by atoms with E-state index in [-0.39, 0.29) is 53.8 Å². The predicted molar refractivity (Wildman–Crippen MR) is 125 cm³/mol. The van der Waals surface area contributed by atoms with Crippen LogP contribution in [0.3, 0.4) is 0 Å². The molecule has 1 aliphatic heterocycles. The highest BCUT2D eigenvalue weighted by Crippen LogP contribution is 2.35. The zero-order valence-electron chi connectivity index (χ0n) is 19.7. The maximum atomic E-state index is 13.1. The molecule has 1 saturated carbocycles. The number of rotatable bonds is 8. The number of nitrogens with one attached hydrogen (secondary N) is 3. The van der Waals surface area contributed by atoms with Gasteiger partial charge in [0.2, 0.25) is 11.8 Å². The lowest BCUT2D eigenvalue weighted by Crippen LogP contribution is -2.51. The Morgan fingerprint density at radius 1 is 1.33 bits per heavy atom. The highest BCUT2D eigenvalue weighted by molar-refractivity contribution is 6.45. The third kappa shape index (κ3) is 6.16. The number of aliphatic hydroxyl groups excluding tert-OH is 1. The summed E-state index contributed by atoms with van der Waals surface area (Å²) in [5.41, 5.74) is 0.804. The summed E-state index contributed by atoms with van der Waals surface area (Å²) in [4.78, 5) is 43.3. The van der Waals surface area contributed by atoms with Crippen LogP contribution >= 0.6 is 0 Å². The Balaban J connectivity index is 1.66. The summed E-state index contributed by atoms with van der Waals surface area (Å²) in [7, 11) is 0. The molecule has 4 N–H and O–H groups in total. The third-order valence-corrected chi connectivity index (χ3v) is 6.69. The second-order valence-electron chi connectivity index (χ2n) is 10.0. The third-order valence-electron chi connectivity index (χ3n) is 6.69. The number of aromatic nitrogens is 1. The first-order chi connectivity index (χ1) is 15.6. The molecule has 0 radical (unpaired) electrons. The van der Waals surface area contributed by atoms with Crippen LogP contribution in [0.2, 0.25) is 0 Å². The SMILES string of the molecule is CC(=O)C(=N)c1ccncc1NCC(=O)N1C[C@@H](CO)C[C@H]1C(=O)N[C@@H]1CCCC(C)(C)C1. The molecule has 1 saturated heterocycles. The number of likely N-dealkylation sites (tertiary alicyclic amines) is 1. The van der Waals surface area contributed by atoms with Crippen LogP contribution in [0.25, 0.3) is 0 Å². The van der Waals surface area contributed by atoms with E-state index in [1.54, 1.807) is 6.07 Å². The smallest absolute Gasteiger partial charge is 0.243 e. The van der Waals surface area contributed by atoms with Gasteiger partial charge in [0.25, 0.3) is 0 Å². The van der Waals surface area contributed by atoms with Gasteiger partial charge in [0, 0.05) is 43.8 Å². The van der Waals surface area contributed by atoms with E-state index in [1.807, 2.05) is 0 Å². The van der Waals surface area contributed by atoms with Crippen LogP contribution in [0.1, 0.15) is 58.4 Å². The van der Waals surface area contributed by atoms with Gasteiger partial charge in [-0.25, -0.2) is 0 Å². The summed E-state index contributed by atoms with van der Waals surface area (Å²) >= 11 is 0. The average Bonchev–Trinajstić information content (AvgIpc) is 3.21. The number of hydrogen-bond acceptors (Lipinski definition) is 7. The normalized spacial score (nSPS) is 24.2. The van der Waals surface area contributed by atoms with Crippen LogP contribution in [0, 0.1) is 16.7 Å². The molecule has 180 valence electrons. The molecule has 0 aromatic carbocycles. The fourth-order valence-electron chi connectivity index (χ4n) is 4.91. The van der Waals surface area contributed by atoms with E-state index in [2.05, 4.69) is 29.5 Å². The van der Waals surface area contributed by atoms with Crippen molar-refractivity contribution >= 4 is 29.0 Å². The Kier molecular flexibility index (Phi) is 7.84. The first-order valence-electron chi connectivity index (χ1n) is 11.6. The molecule has 1 aromatic rings. The van der Waals surface area contributed by atoms with Gasteiger partial charge in [-0.05, 0) is 37.2 Å². The number of pyridine rings is 1. The van der Waals surface area contributed by atoms with Crippen LogP contribution < -0.4 is 10.6 Å². The van der Waals surface area contributed by atoms with Crippen molar-refractivity contribution in [1.82, 2.24) is 15.2 Å². The minimum absolute atomic E-state index is 0.0834. The molecule has 1 aromatic heterocycles. The minimum atomic E-state index is -0.620. The number of Topliss-reactive ketones (excluding diaryl/α,β-unsaturated/α-hetero) is 1. The molecule has 2 aliphatic rings. The lowest BCUT2D eigenvalue weighted by molar-refractivity contribution is -0.137. The second-order valence-corrected chi connectivity index (χ2v) is 10.0. The van der Waals surface area contributed by atoms with Crippen molar-refractivity contribution < 1.29 is 19.5 Å². The predicted octanol–water partition coefficient (Wildman–Crippen LogP) is 1.74. The Morgan fingerprint density at radius 3 is 2.76 bits per heavy atom. The fraction of sp³-hybridized carbons (Fsp3) is 0.625. The monoisotopic (exact) mass is 457 g/mol. The summed E-state index contributed by atoms with van der Waals surface area (Å²) in [5.74, 6) is -0.975.